The molecule has 5 heteroatoms. The van der Waals surface area contributed by atoms with Crippen LogP contribution in [0.15, 0.2) is 24.3 Å². The van der Waals surface area contributed by atoms with Crippen LogP contribution >= 0.6 is 0 Å². The molecule has 1 aromatic rings. The van der Waals surface area contributed by atoms with Crippen molar-refractivity contribution in [3.05, 3.63) is 29.8 Å². The van der Waals surface area contributed by atoms with E-state index in [-0.39, 0.29) is 5.56 Å². The average Bonchev–Trinajstić information content (AvgIpc) is 2.88. The summed E-state index contributed by atoms with van der Waals surface area (Å²) < 4.78 is 37.3. The lowest BCUT2D eigenvalue weighted by atomic mass is 10.0. The van der Waals surface area contributed by atoms with E-state index in [1.807, 2.05) is 0 Å². The fraction of sp³-hybridized carbons (Fsp3) is 0.781. The molecule has 0 atom stereocenters. The topological polar surface area (TPSA) is 29.1 Å². The number of nitrogens with one attached hydrogen (secondary N) is 1. The van der Waals surface area contributed by atoms with Crippen LogP contribution in [0.5, 0.6) is 0 Å². The molecule has 1 rings (SSSR count). The monoisotopic (exact) mass is 525 g/mol. The second-order valence-corrected chi connectivity index (χ2v) is 10.8. The number of hydrogen-bond acceptors (Lipinski definition) is 2. The third-order valence-electron chi connectivity index (χ3n) is 7.26. The van der Waals surface area contributed by atoms with Gasteiger partial charge in [-0.25, -0.2) is 0 Å². The van der Waals surface area contributed by atoms with Crippen molar-refractivity contribution in [2.45, 2.75) is 154 Å². The van der Waals surface area contributed by atoms with Crippen molar-refractivity contribution in [1.29, 1.82) is 0 Å². The maximum Gasteiger partial charge on any atom is 0.454 e. The molecule has 1 aromatic carbocycles. The van der Waals surface area contributed by atoms with E-state index in [0.717, 1.165) is 25.1 Å². The summed E-state index contributed by atoms with van der Waals surface area (Å²) in [4.78, 5) is 11.2. The van der Waals surface area contributed by atoms with Crippen molar-refractivity contribution in [3.8, 4) is 0 Å². The Hall–Kier alpha value is -1.52. The largest absolute Gasteiger partial charge is 0.454 e. The number of rotatable bonds is 25. The molecule has 0 saturated heterocycles. The highest BCUT2D eigenvalue weighted by Crippen LogP contribution is 2.22. The zero-order valence-corrected chi connectivity index (χ0v) is 23.6. The molecule has 0 bridgehead atoms. The lowest BCUT2D eigenvalue weighted by Crippen LogP contribution is -2.22. The van der Waals surface area contributed by atoms with Gasteiger partial charge >= 0.3 is 6.18 Å². The van der Waals surface area contributed by atoms with Crippen LogP contribution in [-0.4, -0.2) is 18.5 Å². The van der Waals surface area contributed by atoms with E-state index in [0.29, 0.717) is 0 Å². The number of ketones is 1. The van der Waals surface area contributed by atoms with E-state index in [4.69, 9.17) is 0 Å². The normalized spacial score (nSPS) is 11.7. The molecule has 0 unspecified atom stereocenters. The molecule has 0 heterocycles. The Kier molecular flexibility index (Phi) is 20.3. The maximum absolute atomic E-state index is 12.4. The second kappa shape index (κ2) is 22.5. The van der Waals surface area contributed by atoms with Gasteiger partial charge in [0, 0.05) is 17.8 Å². The van der Waals surface area contributed by atoms with Gasteiger partial charge in [-0.2, -0.15) is 13.2 Å². The van der Waals surface area contributed by atoms with Gasteiger partial charge in [-0.15, -0.1) is 0 Å². The van der Waals surface area contributed by atoms with E-state index in [2.05, 4.69) is 12.2 Å². The Bertz CT molecular complexity index is 657. The molecule has 0 spiro atoms. The van der Waals surface area contributed by atoms with Crippen molar-refractivity contribution in [1.82, 2.24) is 0 Å². The minimum Gasteiger partial charge on any atom is -0.385 e. The summed E-state index contributed by atoms with van der Waals surface area (Å²) in [5.41, 5.74) is 0.435. The van der Waals surface area contributed by atoms with Gasteiger partial charge in [-0.1, -0.05) is 142 Å². The van der Waals surface area contributed by atoms with Gasteiger partial charge in [0.15, 0.2) is 0 Å². The smallest absolute Gasteiger partial charge is 0.385 e. The van der Waals surface area contributed by atoms with Crippen molar-refractivity contribution >= 4 is 11.5 Å². The summed E-state index contributed by atoms with van der Waals surface area (Å²) in [6, 6.07) is 5.54. The molecule has 214 valence electrons. The third kappa shape index (κ3) is 19.2. The van der Waals surface area contributed by atoms with Crippen molar-refractivity contribution in [2.24, 2.45) is 0 Å². The van der Waals surface area contributed by atoms with Crippen LogP contribution in [0.1, 0.15) is 159 Å². The van der Waals surface area contributed by atoms with Gasteiger partial charge in [0.1, 0.15) is 0 Å². The molecule has 0 radical (unpaired) electrons. The molecule has 0 saturated carbocycles. The molecule has 0 aromatic heterocycles. The van der Waals surface area contributed by atoms with Crippen LogP contribution in [0.4, 0.5) is 18.9 Å². The molecule has 0 amide bonds. The van der Waals surface area contributed by atoms with Crippen molar-refractivity contribution in [3.63, 3.8) is 0 Å². The van der Waals surface area contributed by atoms with Crippen LogP contribution < -0.4 is 5.32 Å². The predicted octanol–water partition coefficient (Wildman–Crippen LogP) is 11.4. The first-order valence-electron chi connectivity index (χ1n) is 15.4. The molecular formula is C32H54F3NO. The number of benzene rings is 1. The van der Waals surface area contributed by atoms with Crippen molar-refractivity contribution < 1.29 is 18.0 Å². The number of anilines is 1. The Morgan fingerprint density at radius 3 is 1.22 bits per heavy atom. The molecule has 0 aliphatic carbocycles. The summed E-state index contributed by atoms with van der Waals surface area (Å²) in [6.07, 6.45) is 25.2. The zero-order chi connectivity index (χ0) is 27.0. The number of carbonyl (C=O) groups excluding carboxylic acids is 1. The van der Waals surface area contributed by atoms with Gasteiger partial charge in [0.25, 0.3) is 5.78 Å². The summed E-state index contributed by atoms with van der Waals surface area (Å²) in [5.74, 6) is -1.79. The van der Waals surface area contributed by atoms with Crippen LogP contribution in [-0.2, 0) is 0 Å². The summed E-state index contributed by atoms with van der Waals surface area (Å²) in [7, 11) is 0. The molecule has 1 N–H and O–H groups in total. The van der Waals surface area contributed by atoms with Crippen LogP contribution in [0.3, 0.4) is 0 Å². The standard InChI is InChI=1S/C32H54F3NO/c1-2-3-4-5-6-7-8-9-10-11-12-13-14-15-16-17-18-19-20-21-22-23-28-36-30-26-24-29(25-27-30)31(37)32(33,34)35/h24-27,36H,2-23,28H2,1H3. The highest BCUT2D eigenvalue weighted by Gasteiger charge is 2.39. The van der Waals surface area contributed by atoms with Gasteiger partial charge in [0.05, 0.1) is 0 Å². The Labute approximate surface area is 225 Å². The van der Waals surface area contributed by atoms with Crippen LogP contribution in [0.2, 0.25) is 0 Å². The summed E-state index contributed by atoms with van der Waals surface area (Å²) >= 11 is 0. The number of carbonyl (C=O) groups is 1. The zero-order valence-electron chi connectivity index (χ0n) is 23.6. The van der Waals surface area contributed by atoms with E-state index < -0.39 is 12.0 Å². The molecule has 0 aliphatic rings. The molecule has 37 heavy (non-hydrogen) atoms. The highest BCUT2D eigenvalue weighted by molar-refractivity contribution is 6.00. The number of alkyl halides is 3. The number of unbranched alkanes of at least 4 members (excludes halogenated alkanes) is 21. The minimum atomic E-state index is -4.82. The van der Waals surface area contributed by atoms with Gasteiger partial charge in [0.2, 0.25) is 0 Å². The third-order valence-corrected chi connectivity index (χ3v) is 7.26. The van der Waals surface area contributed by atoms with E-state index >= 15 is 0 Å². The molecule has 0 fully saturated rings. The SMILES string of the molecule is CCCCCCCCCCCCCCCCCCCCCCCCNc1ccc(C(=O)C(F)(F)F)cc1. The second-order valence-electron chi connectivity index (χ2n) is 10.8. The van der Waals surface area contributed by atoms with Crippen LogP contribution in [0.25, 0.3) is 0 Å². The highest BCUT2D eigenvalue weighted by atomic mass is 19.4. The quantitative estimate of drug-likeness (QED) is 0.102. The van der Waals surface area contributed by atoms with E-state index in [9.17, 15) is 18.0 Å². The first-order valence-corrected chi connectivity index (χ1v) is 15.4. The lowest BCUT2D eigenvalue weighted by molar-refractivity contribution is -0.0885. The summed E-state index contributed by atoms with van der Waals surface area (Å²) in [6.45, 7) is 3.08. The first-order chi connectivity index (χ1) is 17.9. The van der Waals surface area contributed by atoms with Gasteiger partial charge in [-0.05, 0) is 30.7 Å². The summed E-state index contributed by atoms with van der Waals surface area (Å²) in [5, 5.41) is 3.22. The fourth-order valence-electron chi connectivity index (χ4n) is 4.87. The molecule has 2 nitrogen and oxygen atoms in total. The Morgan fingerprint density at radius 1 is 0.568 bits per heavy atom. The minimum absolute atomic E-state index is 0.317. The lowest BCUT2D eigenvalue weighted by Gasteiger charge is -2.08. The number of halogens is 3. The number of Topliss-reactive ketones (excluding diaryl/α,β-unsaturated/α-hetero) is 1. The molecular weight excluding hydrogens is 471 g/mol. The van der Waals surface area contributed by atoms with Crippen molar-refractivity contribution in [2.75, 3.05) is 11.9 Å². The molecule has 0 aliphatic heterocycles. The predicted molar refractivity (Wildman–Crippen MR) is 153 cm³/mol. The Morgan fingerprint density at radius 2 is 0.892 bits per heavy atom. The average molecular weight is 526 g/mol. The van der Waals surface area contributed by atoms with Crippen LogP contribution in [0, 0.1) is 0 Å². The maximum atomic E-state index is 12.4. The van der Waals surface area contributed by atoms with E-state index in [1.54, 1.807) is 0 Å². The Balaban J connectivity index is 1.79. The van der Waals surface area contributed by atoms with Gasteiger partial charge in [-0.3, -0.25) is 4.79 Å². The van der Waals surface area contributed by atoms with E-state index in [1.165, 1.54) is 153 Å². The fourth-order valence-corrected chi connectivity index (χ4v) is 4.87. The number of hydrogen-bond donors (Lipinski definition) is 1. The van der Waals surface area contributed by atoms with Gasteiger partial charge < -0.3 is 5.32 Å². The first kappa shape index (κ1) is 33.5.